The molecule has 0 radical (unpaired) electrons. The van der Waals surface area contributed by atoms with E-state index >= 15 is 0 Å². The predicted octanol–water partition coefficient (Wildman–Crippen LogP) is 4.92. The third-order valence-electron chi connectivity index (χ3n) is 6.45. The minimum Gasteiger partial charge on any atom is -0.497 e. The Hall–Kier alpha value is -2.67. The fraction of sp³-hybridized carbons (Fsp3) is 0.458. The molecule has 7 heteroatoms. The van der Waals surface area contributed by atoms with Crippen molar-refractivity contribution in [3.8, 4) is 11.5 Å². The van der Waals surface area contributed by atoms with Crippen LogP contribution in [0, 0.1) is 23.5 Å². The highest BCUT2D eigenvalue weighted by Gasteiger charge is 2.52. The zero-order chi connectivity index (χ0) is 22.3. The lowest BCUT2D eigenvalue weighted by Crippen LogP contribution is -2.52. The number of methoxy groups -OCH3 is 1. The van der Waals surface area contributed by atoms with E-state index in [2.05, 4.69) is 0 Å². The summed E-state index contributed by atoms with van der Waals surface area (Å²) in [5, 5.41) is 9.87. The van der Waals surface area contributed by atoms with Crippen LogP contribution in [-0.2, 0) is 16.0 Å². The first-order chi connectivity index (χ1) is 14.7. The van der Waals surface area contributed by atoms with Crippen LogP contribution < -0.4 is 9.47 Å². The van der Waals surface area contributed by atoms with Crippen molar-refractivity contribution in [3.05, 3.63) is 59.2 Å². The Morgan fingerprint density at radius 3 is 2.65 bits per heavy atom. The van der Waals surface area contributed by atoms with E-state index in [9.17, 15) is 18.7 Å². The Morgan fingerprint density at radius 2 is 1.97 bits per heavy atom. The fourth-order valence-electron chi connectivity index (χ4n) is 4.73. The Kier molecular flexibility index (Phi) is 5.64. The first-order valence-electron chi connectivity index (χ1n) is 10.4. The van der Waals surface area contributed by atoms with Gasteiger partial charge in [0.05, 0.1) is 25.2 Å². The molecule has 1 N–H and O–H groups in total. The van der Waals surface area contributed by atoms with Crippen LogP contribution in [0.1, 0.15) is 43.9 Å². The summed E-state index contributed by atoms with van der Waals surface area (Å²) in [6.45, 7) is 3.89. The molecular weight excluding hydrogens is 406 g/mol. The highest BCUT2D eigenvalue weighted by Crippen LogP contribution is 2.53. The number of carboxylic acid groups (broad SMARTS) is 1. The molecule has 5 nitrogen and oxygen atoms in total. The Balaban J connectivity index is 1.62. The molecule has 31 heavy (non-hydrogen) atoms. The number of ether oxygens (including phenoxy) is 3. The number of aliphatic carboxylic acids is 1. The van der Waals surface area contributed by atoms with E-state index in [0.717, 1.165) is 17.7 Å². The van der Waals surface area contributed by atoms with Crippen molar-refractivity contribution >= 4 is 5.97 Å². The van der Waals surface area contributed by atoms with Gasteiger partial charge in [-0.1, -0.05) is 6.07 Å². The number of benzene rings is 2. The van der Waals surface area contributed by atoms with Gasteiger partial charge in [0.1, 0.15) is 17.1 Å². The number of aryl methyl sites for hydroxylation is 1. The molecule has 2 heterocycles. The molecule has 0 bridgehead atoms. The second-order valence-corrected chi connectivity index (χ2v) is 8.78. The molecule has 0 saturated carbocycles. The third kappa shape index (κ3) is 4.11. The molecule has 2 aromatic carbocycles. The van der Waals surface area contributed by atoms with Crippen LogP contribution in [-0.4, -0.2) is 29.9 Å². The molecule has 4 rings (SSSR count). The van der Waals surface area contributed by atoms with Crippen LogP contribution in [0.2, 0.25) is 0 Å². The molecule has 166 valence electrons. The third-order valence-corrected chi connectivity index (χ3v) is 6.45. The van der Waals surface area contributed by atoms with E-state index in [4.69, 9.17) is 14.2 Å². The lowest BCUT2D eigenvalue weighted by Gasteiger charge is -2.50. The van der Waals surface area contributed by atoms with Crippen molar-refractivity contribution in [1.29, 1.82) is 0 Å². The number of carbonyl (C=O) groups is 1. The van der Waals surface area contributed by atoms with Gasteiger partial charge in [0.15, 0.2) is 11.6 Å². The maximum absolute atomic E-state index is 13.6. The van der Waals surface area contributed by atoms with Crippen LogP contribution in [0.3, 0.4) is 0 Å². The maximum Gasteiger partial charge on any atom is 0.309 e. The van der Waals surface area contributed by atoms with E-state index in [1.165, 1.54) is 6.07 Å². The van der Waals surface area contributed by atoms with Crippen LogP contribution >= 0.6 is 0 Å². The zero-order valence-electron chi connectivity index (χ0n) is 17.7. The van der Waals surface area contributed by atoms with Crippen molar-refractivity contribution in [2.45, 2.75) is 50.9 Å². The number of rotatable bonds is 5. The van der Waals surface area contributed by atoms with Gasteiger partial charge in [-0.2, -0.15) is 0 Å². The highest BCUT2D eigenvalue weighted by molar-refractivity contribution is 5.71. The number of fused-ring (bicyclic) bond motifs is 3. The average molecular weight is 432 g/mol. The van der Waals surface area contributed by atoms with Crippen LogP contribution in [0.25, 0.3) is 0 Å². The molecule has 2 aromatic rings. The van der Waals surface area contributed by atoms with Gasteiger partial charge in [-0.05, 0) is 69.0 Å². The van der Waals surface area contributed by atoms with Crippen molar-refractivity contribution in [2.75, 3.05) is 7.11 Å². The summed E-state index contributed by atoms with van der Waals surface area (Å²) in [5.74, 6) is -2.26. The molecule has 1 fully saturated rings. The molecule has 0 amide bonds. The van der Waals surface area contributed by atoms with Crippen molar-refractivity contribution in [3.63, 3.8) is 0 Å². The van der Waals surface area contributed by atoms with Crippen molar-refractivity contribution in [1.82, 2.24) is 0 Å². The zero-order valence-corrected chi connectivity index (χ0v) is 17.7. The van der Waals surface area contributed by atoms with Gasteiger partial charge in [0.25, 0.3) is 0 Å². The van der Waals surface area contributed by atoms with Gasteiger partial charge in [-0.15, -0.1) is 0 Å². The highest BCUT2D eigenvalue weighted by atomic mass is 19.2. The average Bonchev–Trinajstić information content (AvgIpc) is 2.73. The Morgan fingerprint density at radius 1 is 1.19 bits per heavy atom. The second kappa shape index (κ2) is 8.11. The molecule has 0 aromatic heterocycles. The number of carboxylic acids is 1. The first-order valence-corrected chi connectivity index (χ1v) is 10.4. The summed E-state index contributed by atoms with van der Waals surface area (Å²) in [6, 6.07) is 9.27. The molecule has 4 atom stereocenters. The summed E-state index contributed by atoms with van der Waals surface area (Å²) in [4.78, 5) is 12.1. The SMILES string of the molecule is COc1ccc2c(c1)[C@H]1O[C@@H](CCc3ccc(F)c(F)c3)[C@@H](C(=O)O)C[C@@H]1C(C)(C)O2. The maximum atomic E-state index is 13.6. The largest absolute Gasteiger partial charge is 0.497 e. The summed E-state index contributed by atoms with van der Waals surface area (Å²) in [7, 11) is 1.58. The van der Waals surface area contributed by atoms with E-state index in [-0.39, 0.29) is 12.0 Å². The number of halogens is 2. The lowest BCUT2D eigenvalue weighted by molar-refractivity contribution is -0.188. The summed E-state index contributed by atoms with van der Waals surface area (Å²) < 4.78 is 44.8. The quantitative estimate of drug-likeness (QED) is 0.726. The van der Waals surface area contributed by atoms with Crippen molar-refractivity contribution < 1.29 is 32.9 Å². The van der Waals surface area contributed by atoms with Gasteiger partial charge in [-0.25, -0.2) is 8.78 Å². The molecule has 0 unspecified atom stereocenters. The van der Waals surface area contributed by atoms with Gasteiger partial charge in [0.2, 0.25) is 0 Å². The standard InChI is InChI=1S/C24H26F2O5/c1-24(2)17-12-16(23(27)28)20(8-5-13-4-7-18(25)19(26)10-13)30-22(17)15-11-14(29-3)6-9-21(15)31-24/h4,6-7,9-11,16-17,20,22H,5,8,12H2,1-3H3,(H,27,28)/t16-,17-,20-,22+/m0/s1. The Bertz CT molecular complexity index is 990. The molecule has 2 aliphatic heterocycles. The second-order valence-electron chi connectivity index (χ2n) is 8.78. The minimum atomic E-state index is -0.930. The smallest absolute Gasteiger partial charge is 0.309 e. The summed E-state index contributed by atoms with van der Waals surface area (Å²) >= 11 is 0. The van der Waals surface area contributed by atoms with E-state index in [1.807, 2.05) is 32.0 Å². The number of hydrogen-bond donors (Lipinski definition) is 1. The normalized spacial score (nSPS) is 26.4. The van der Waals surface area contributed by atoms with E-state index in [0.29, 0.717) is 36.3 Å². The minimum absolute atomic E-state index is 0.160. The van der Waals surface area contributed by atoms with E-state index in [1.54, 1.807) is 7.11 Å². The molecule has 1 saturated heterocycles. The Labute approximate surface area is 179 Å². The molecular formula is C24H26F2O5. The van der Waals surface area contributed by atoms with Gasteiger partial charge < -0.3 is 19.3 Å². The topological polar surface area (TPSA) is 65.0 Å². The summed E-state index contributed by atoms with van der Waals surface area (Å²) in [6.07, 6.45) is 0.241. The fourth-order valence-corrected chi connectivity index (χ4v) is 4.73. The first kappa shape index (κ1) is 21.6. The van der Waals surface area contributed by atoms with E-state index < -0.39 is 35.2 Å². The van der Waals surface area contributed by atoms with Crippen LogP contribution in [0.5, 0.6) is 11.5 Å². The van der Waals surface area contributed by atoms with Crippen LogP contribution in [0.15, 0.2) is 36.4 Å². The number of hydrogen-bond acceptors (Lipinski definition) is 4. The van der Waals surface area contributed by atoms with Crippen molar-refractivity contribution in [2.24, 2.45) is 11.8 Å². The monoisotopic (exact) mass is 432 g/mol. The molecule has 2 aliphatic rings. The van der Waals surface area contributed by atoms with Gasteiger partial charge in [0, 0.05) is 11.5 Å². The van der Waals surface area contributed by atoms with Gasteiger partial charge >= 0.3 is 5.97 Å². The predicted molar refractivity (Wildman–Crippen MR) is 109 cm³/mol. The molecule has 0 aliphatic carbocycles. The lowest BCUT2D eigenvalue weighted by atomic mass is 9.71. The van der Waals surface area contributed by atoms with Crippen LogP contribution in [0.4, 0.5) is 8.78 Å². The summed E-state index contributed by atoms with van der Waals surface area (Å²) in [5.41, 5.74) is 0.832. The molecule has 0 spiro atoms. The van der Waals surface area contributed by atoms with Gasteiger partial charge in [-0.3, -0.25) is 4.79 Å².